The molecule has 1 saturated heterocycles. The molecule has 1 aliphatic rings. The first-order valence-corrected chi connectivity index (χ1v) is 6.19. The maximum Gasteiger partial charge on any atom is 0.173 e. The fourth-order valence-corrected chi connectivity index (χ4v) is 2.31. The molecule has 104 valence electrons. The van der Waals surface area contributed by atoms with Gasteiger partial charge in [0.15, 0.2) is 5.84 Å². The normalized spacial score (nSPS) is 20.7. The first-order valence-electron chi connectivity index (χ1n) is 6.19. The van der Waals surface area contributed by atoms with E-state index >= 15 is 0 Å². The highest BCUT2D eigenvalue weighted by molar-refractivity contribution is 5.99. The summed E-state index contributed by atoms with van der Waals surface area (Å²) in [5.74, 6) is 0.604. The van der Waals surface area contributed by atoms with Gasteiger partial charge < -0.3 is 20.8 Å². The predicted octanol–water partition coefficient (Wildman–Crippen LogP) is 0.356. The number of oxime groups is 1. The summed E-state index contributed by atoms with van der Waals surface area (Å²) in [6.45, 7) is 2.35. The number of hydrogen-bond donors (Lipinski definition) is 3. The van der Waals surface area contributed by atoms with E-state index < -0.39 is 0 Å². The summed E-state index contributed by atoms with van der Waals surface area (Å²) in [6.07, 6.45) is 0.595. The monoisotopic (exact) mass is 265 g/mol. The molecule has 1 aromatic rings. The Morgan fingerprint density at radius 1 is 1.58 bits per heavy atom. The van der Waals surface area contributed by atoms with Gasteiger partial charge in [0.2, 0.25) is 0 Å². The van der Waals surface area contributed by atoms with E-state index in [1.54, 1.807) is 13.2 Å². The van der Waals surface area contributed by atoms with Crippen LogP contribution in [-0.2, 0) is 6.54 Å². The predicted molar refractivity (Wildman–Crippen MR) is 71.4 cm³/mol. The van der Waals surface area contributed by atoms with Gasteiger partial charge in [0.1, 0.15) is 5.75 Å². The number of nitrogens with two attached hydrogens (primary N) is 1. The lowest BCUT2D eigenvalue weighted by atomic mass is 10.1. The van der Waals surface area contributed by atoms with Crippen molar-refractivity contribution in [3.8, 4) is 5.75 Å². The van der Waals surface area contributed by atoms with Crippen LogP contribution in [0.5, 0.6) is 5.75 Å². The van der Waals surface area contributed by atoms with Gasteiger partial charge >= 0.3 is 0 Å². The third-order valence-electron chi connectivity index (χ3n) is 3.30. The van der Waals surface area contributed by atoms with Crippen molar-refractivity contribution in [2.75, 3.05) is 20.2 Å². The second kappa shape index (κ2) is 5.90. The molecule has 0 aromatic heterocycles. The molecule has 1 aliphatic heterocycles. The zero-order valence-corrected chi connectivity index (χ0v) is 10.9. The Morgan fingerprint density at radius 2 is 2.37 bits per heavy atom. The molecule has 0 saturated carbocycles. The van der Waals surface area contributed by atoms with E-state index in [-0.39, 0.29) is 11.9 Å². The second-order valence-corrected chi connectivity index (χ2v) is 4.70. The summed E-state index contributed by atoms with van der Waals surface area (Å²) in [6, 6.07) is 5.56. The Labute approximate surface area is 112 Å². The lowest BCUT2D eigenvalue weighted by molar-refractivity contribution is 0.175. The van der Waals surface area contributed by atoms with Crippen LogP contribution in [0, 0.1) is 0 Å². The summed E-state index contributed by atoms with van der Waals surface area (Å²) in [4.78, 5) is 2.18. The van der Waals surface area contributed by atoms with E-state index in [9.17, 15) is 5.11 Å². The first kappa shape index (κ1) is 13.6. The minimum absolute atomic E-state index is 0.0278. The quantitative estimate of drug-likeness (QED) is 0.316. The van der Waals surface area contributed by atoms with Crippen LogP contribution < -0.4 is 10.5 Å². The summed E-state index contributed by atoms with van der Waals surface area (Å²) < 4.78 is 5.25. The van der Waals surface area contributed by atoms with Gasteiger partial charge in [0.25, 0.3) is 0 Å². The van der Waals surface area contributed by atoms with E-state index in [1.165, 1.54) is 0 Å². The minimum Gasteiger partial charge on any atom is -0.496 e. The lowest BCUT2D eigenvalue weighted by Crippen LogP contribution is -2.21. The lowest BCUT2D eigenvalue weighted by Gasteiger charge is -2.16. The van der Waals surface area contributed by atoms with Crippen LogP contribution in [0.3, 0.4) is 0 Å². The molecule has 6 heteroatoms. The van der Waals surface area contributed by atoms with Crippen molar-refractivity contribution in [1.82, 2.24) is 4.90 Å². The Bertz CT molecular complexity index is 476. The highest BCUT2D eigenvalue weighted by Crippen LogP contribution is 2.22. The average Bonchev–Trinajstić information content (AvgIpc) is 2.83. The van der Waals surface area contributed by atoms with E-state index in [4.69, 9.17) is 15.7 Å². The molecule has 0 amide bonds. The average molecular weight is 265 g/mol. The van der Waals surface area contributed by atoms with Crippen LogP contribution in [-0.4, -0.2) is 47.4 Å². The van der Waals surface area contributed by atoms with Gasteiger partial charge in [-0.25, -0.2) is 0 Å². The molecule has 1 fully saturated rings. The fraction of sp³-hybridized carbons (Fsp3) is 0.462. The van der Waals surface area contributed by atoms with E-state index in [0.717, 1.165) is 25.1 Å². The third-order valence-corrected chi connectivity index (χ3v) is 3.30. The van der Waals surface area contributed by atoms with Crippen molar-refractivity contribution < 1.29 is 15.1 Å². The Kier molecular flexibility index (Phi) is 4.24. The van der Waals surface area contributed by atoms with Crippen molar-refractivity contribution in [1.29, 1.82) is 0 Å². The van der Waals surface area contributed by atoms with Gasteiger partial charge in [-0.1, -0.05) is 11.2 Å². The molecular weight excluding hydrogens is 246 g/mol. The van der Waals surface area contributed by atoms with E-state index in [0.29, 0.717) is 17.9 Å². The number of rotatable bonds is 4. The number of ether oxygens (including phenoxy) is 1. The van der Waals surface area contributed by atoms with Crippen LogP contribution in [0.2, 0.25) is 0 Å². The number of benzene rings is 1. The zero-order chi connectivity index (χ0) is 13.8. The SMILES string of the molecule is COc1cc(CN2CCC(O)C2)ccc1/C(N)=N/O. The van der Waals surface area contributed by atoms with Crippen LogP contribution in [0.1, 0.15) is 17.5 Å². The highest BCUT2D eigenvalue weighted by Gasteiger charge is 2.20. The van der Waals surface area contributed by atoms with Gasteiger partial charge in [0.05, 0.1) is 18.8 Å². The molecule has 0 aliphatic carbocycles. The topological polar surface area (TPSA) is 91.3 Å². The molecule has 1 heterocycles. The van der Waals surface area contributed by atoms with Crippen molar-refractivity contribution in [3.05, 3.63) is 29.3 Å². The van der Waals surface area contributed by atoms with Crippen molar-refractivity contribution in [3.63, 3.8) is 0 Å². The molecular formula is C13H19N3O3. The minimum atomic E-state index is -0.224. The first-order chi connectivity index (χ1) is 9.13. The maximum absolute atomic E-state index is 9.50. The summed E-state index contributed by atoms with van der Waals surface area (Å²) in [7, 11) is 1.55. The highest BCUT2D eigenvalue weighted by atomic mass is 16.5. The molecule has 1 unspecified atom stereocenters. The number of hydrogen-bond acceptors (Lipinski definition) is 5. The van der Waals surface area contributed by atoms with E-state index in [1.807, 2.05) is 12.1 Å². The smallest absolute Gasteiger partial charge is 0.173 e. The number of amidine groups is 1. The molecule has 4 N–H and O–H groups in total. The summed E-state index contributed by atoms with van der Waals surface area (Å²) in [5.41, 5.74) is 7.21. The third kappa shape index (κ3) is 3.15. The van der Waals surface area contributed by atoms with Crippen molar-refractivity contribution >= 4 is 5.84 Å². The number of aliphatic hydroxyl groups excluding tert-OH is 1. The number of likely N-dealkylation sites (tertiary alicyclic amines) is 1. The summed E-state index contributed by atoms with van der Waals surface area (Å²) >= 11 is 0. The van der Waals surface area contributed by atoms with Gasteiger partial charge in [-0.2, -0.15) is 0 Å². The van der Waals surface area contributed by atoms with Crippen LogP contribution >= 0.6 is 0 Å². The number of β-amino-alcohol motifs (C(OH)–C–C–N with tert-alkyl or cyclic N) is 1. The van der Waals surface area contributed by atoms with Gasteiger partial charge in [-0.15, -0.1) is 0 Å². The molecule has 6 nitrogen and oxygen atoms in total. The van der Waals surface area contributed by atoms with Crippen molar-refractivity contribution in [2.45, 2.75) is 19.1 Å². The van der Waals surface area contributed by atoms with Crippen LogP contribution in [0.25, 0.3) is 0 Å². The largest absolute Gasteiger partial charge is 0.496 e. The molecule has 1 aromatic carbocycles. The molecule has 0 radical (unpaired) electrons. The second-order valence-electron chi connectivity index (χ2n) is 4.70. The Balaban J connectivity index is 2.15. The zero-order valence-electron chi connectivity index (χ0n) is 10.9. The molecule has 19 heavy (non-hydrogen) atoms. The standard InChI is InChI=1S/C13H19N3O3/c1-19-12-6-9(2-3-11(12)13(14)15-18)7-16-5-4-10(17)8-16/h2-3,6,10,17-18H,4-5,7-8H2,1H3,(H2,14,15). The molecule has 2 rings (SSSR count). The number of methoxy groups -OCH3 is 1. The van der Waals surface area contributed by atoms with Crippen LogP contribution in [0.15, 0.2) is 23.4 Å². The maximum atomic E-state index is 9.50. The number of aliphatic hydroxyl groups is 1. The molecule has 0 bridgehead atoms. The molecule has 0 spiro atoms. The van der Waals surface area contributed by atoms with Crippen molar-refractivity contribution in [2.24, 2.45) is 10.9 Å². The van der Waals surface area contributed by atoms with Gasteiger partial charge in [0, 0.05) is 19.6 Å². The van der Waals surface area contributed by atoms with E-state index in [2.05, 4.69) is 10.1 Å². The Morgan fingerprint density at radius 3 is 2.95 bits per heavy atom. The fourth-order valence-electron chi connectivity index (χ4n) is 2.31. The summed E-state index contributed by atoms with van der Waals surface area (Å²) in [5, 5.41) is 21.2. The van der Waals surface area contributed by atoms with Crippen LogP contribution in [0.4, 0.5) is 0 Å². The molecule has 1 atom stereocenters. The van der Waals surface area contributed by atoms with Gasteiger partial charge in [-0.3, -0.25) is 4.90 Å². The Hall–Kier alpha value is -1.79. The van der Waals surface area contributed by atoms with Gasteiger partial charge in [-0.05, 0) is 24.1 Å². The number of nitrogens with zero attached hydrogens (tertiary/aromatic N) is 2.